The number of fused-ring (bicyclic) bond motifs is 1. The number of piperidine rings is 1. The summed E-state index contributed by atoms with van der Waals surface area (Å²) >= 11 is 1.41. The number of aromatic nitrogens is 2. The Balaban J connectivity index is 1.60. The number of anilines is 1. The second-order valence-electron chi connectivity index (χ2n) is 7.15. The number of carbonyl (C=O) groups is 1. The van der Waals surface area contributed by atoms with Crippen LogP contribution in [0.5, 0.6) is 0 Å². The van der Waals surface area contributed by atoms with E-state index in [1.165, 1.54) is 11.3 Å². The molecule has 0 unspecified atom stereocenters. The number of rotatable bonds is 6. The molecule has 0 saturated carbocycles. The molecule has 29 heavy (non-hydrogen) atoms. The zero-order valence-electron chi connectivity index (χ0n) is 16.3. The SMILES string of the molecule is COCCNC(=O)[C@@H]1CCCN(c2nc3c(-c4ccccc4)csc3c(=O)[nH]2)C1. The number of H-pyrrole nitrogens is 1. The van der Waals surface area contributed by atoms with Gasteiger partial charge in [-0.15, -0.1) is 11.3 Å². The van der Waals surface area contributed by atoms with Crippen LogP contribution >= 0.6 is 11.3 Å². The molecule has 2 aromatic heterocycles. The predicted octanol–water partition coefficient (Wildman–Crippen LogP) is 2.63. The van der Waals surface area contributed by atoms with Crippen LogP contribution in [-0.4, -0.2) is 49.2 Å². The van der Waals surface area contributed by atoms with Crippen molar-refractivity contribution in [1.82, 2.24) is 15.3 Å². The molecule has 7 nitrogen and oxygen atoms in total. The minimum atomic E-state index is -0.135. The van der Waals surface area contributed by atoms with Crippen LogP contribution in [0.2, 0.25) is 0 Å². The lowest BCUT2D eigenvalue weighted by Crippen LogP contribution is -2.44. The van der Waals surface area contributed by atoms with Crippen molar-refractivity contribution in [2.45, 2.75) is 12.8 Å². The molecule has 1 saturated heterocycles. The van der Waals surface area contributed by atoms with Crippen molar-refractivity contribution in [3.05, 3.63) is 46.1 Å². The van der Waals surface area contributed by atoms with E-state index in [-0.39, 0.29) is 17.4 Å². The Morgan fingerprint density at radius 3 is 3.00 bits per heavy atom. The second kappa shape index (κ2) is 8.75. The summed E-state index contributed by atoms with van der Waals surface area (Å²) in [5.74, 6) is 0.431. The Labute approximate surface area is 172 Å². The van der Waals surface area contributed by atoms with E-state index in [2.05, 4.69) is 10.3 Å². The first-order valence-corrected chi connectivity index (χ1v) is 10.6. The van der Waals surface area contributed by atoms with Crippen LogP contribution < -0.4 is 15.8 Å². The maximum Gasteiger partial charge on any atom is 0.270 e. The number of carbonyl (C=O) groups excluding carboxylic acids is 1. The largest absolute Gasteiger partial charge is 0.383 e. The molecular weight excluding hydrogens is 388 g/mol. The van der Waals surface area contributed by atoms with Crippen molar-refractivity contribution in [2.24, 2.45) is 5.92 Å². The van der Waals surface area contributed by atoms with Gasteiger partial charge in [0.2, 0.25) is 11.9 Å². The molecule has 0 spiro atoms. The van der Waals surface area contributed by atoms with Gasteiger partial charge >= 0.3 is 0 Å². The van der Waals surface area contributed by atoms with Gasteiger partial charge < -0.3 is 15.0 Å². The first-order chi connectivity index (χ1) is 14.2. The monoisotopic (exact) mass is 412 g/mol. The van der Waals surface area contributed by atoms with Gasteiger partial charge in [0.15, 0.2) is 0 Å². The summed E-state index contributed by atoms with van der Waals surface area (Å²) in [6, 6.07) is 9.96. The second-order valence-corrected chi connectivity index (χ2v) is 8.03. The normalized spacial score (nSPS) is 16.9. The molecule has 3 aromatic rings. The number of hydrogen-bond donors (Lipinski definition) is 2. The van der Waals surface area contributed by atoms with Crippen LogP contribution in [0.4, 0.5) is 5.95 Å². The van der Waals surface area contributed by atoms with Gasteiger partial charge in [0.05, 0.1) is 18.0 Å². The number of nitrogens with zero attached hydrogens (tertiary/aromatic N) is 2. The van der Waals surface area contributed by atoms with Gasteiger partial charge in [0.1, 0.15) is 4.70 Å². The number of nitrogens with one attached hydrogen (secondary N) is 2. The molecule has 8 heteroatoms. The van der Waals surface area contributed by atoms with Crippen LogP contribution in [0.3, 0.4) is 0 Å². The number of methoxy groups -OCH3 is 1. The molecule has 3 heterocycles. The molecule has 0 bridgehead atoms. The highest BCUT2D eigenvalue weighted by atomic mass is 32.1. The molecule has 1 aliphatic heterocycles. The standard InChI is InChI=1S/C21H24N4O3S/c1-28-11-9-22-19(26)15-8-5-10-25(12-15)21-23-17-16(14-6-3-2-4-7-14)13-29-18(17)20(27)24-21/h2-4,6-7,13,15H,5,8-12H2,1H3,(H,22,26)(H,23,24,27)/t15-/m1/s1. The van der Waals surface area contributed by atoms with Crippen molar-refractivity contribution >= 4 is 33.4 Å². The van der Waals surface area contributed by atoms with Gasteiger partial charge in [0, 0.05) is 37.7 Å². The van der Waals surface area contributed by atoms with Gasteiger partial charge in [-0.05, 0) is 18.4 Å². The summed E-state index contributed by atoms with van der Waals surface area (Å²) < 4.78 is 5.61. The van der Waals surface area contributed by atoms with E-state index in [4.69, 9.17) is 9.72 Å². The lowest BCUT2D eigenvalue weighted by molar-refractivity contribution is -0.125. The summed E-state index contributed by atoms with van der Waals surface area (Å²) in [4.78, 5) is 34.8. The Bertz CT molecular complexity index is 1050. The number of ether oxygens (including phenoxy) is 1. The van der Waals surface area contributed by atoms with E-state index in [0.29, 0.717) is 35.9 Å². The average Bonchev–Trinajstić information content (AvgIpc) is 3.19. The van der Waals surface area contributed by atoms with Gasteiger partial charge in [-0.1, -0.05) is 30.3 Å². The van der Waals surface area contributed by atoms with E-state index in [9.17, 15) is 9.59 Å². The summed E-state index contributed by atoms with van der Waals surface area (Å²) in [6.07, 6.45) is 1.70. The third-order valence-corrected chi connectivity index (χ3v) is 6.16. The van der Waals surface area contributed by atoms with Crippen LogP contribution in [0.25, 0.3) is 21.3 Å². The molecule has 2 N–H and O–H groups in total. The summed E-state index contributed by atoms with van der Waals surface area (Å²) in [7, 11) is 1.61. The van der Waals surface area contributed by atoms with Crippen molar-refractivity contribution < 1.29 is 9.53 Å². The lowest BCUT2D eigenvalue weighted by atomic mass is 9.97. The van der Waals surface area contributed by atoms with E-state index >= 15 is 0 Å². The molecule has 4 rings (SSSR count). The minimum absolute atomic E-state index is 0.0238. The molecule has 0 aliphatic carbocycles. The first kappa shape index (κ1) is 19.6. The fraction of sp³-hybridized carbons (Fsp3) is 0.381. The zero-order chi connectivity index (χ0) is 20.2. The van der Waals surface area contributed by atoms with E-state index in [0.717, 1.165) is 30.5 Å². The summed E-state index contributed by atoms with van der Waals surface area (Å²) in [6.45, 7) is 2.30. The topological polar surface area (TPSA) is 87.3 Å². The number of amides is 1. The fourth-order valence-corrected chi connectivity index (χ4v) is 4.60. The number of aromatic amines is 1. The van der Waals surface area contributed by atoms with E-state index < -0.39 is 0 Å². The average molecular weight is 413 g/mol. The zero-order valence-corrected chi connectivity index (χ0v) is 17.1. The van der Waals surface area contributed by atoms with E-state index in [1.54, 1.807) is 7.11 Å². The quantitative estimate of drug-likeness (QED) is 0.608. The molecule has 1 aromatic carbocycles. The number of thiophene rings is 1. The molecule has 1 fully saturated rings. The molecule has 0 radical (unpaired) electrons. The minimum Gasteiger partial charge on any atom is -0.383 e. The summed E-state index contributed by atoms with van der Waals surface area (Å²) in [5.41, 5.74) is 2.58. The predicted molar refractivity (Wildman–Crippen MR) is 115 cm³/mol. The molecule has 1 atom stereocenters. The molecule has 1 amide bonds. The highest BCUT2D eigenvalue weighted by Gasteiger charge is 2.27. The smallest absolute Gasteiger partial charge is 0.270 e. The Morgan fingerprint density at radius 1 is 1.38 bits per heavy atom. The van der Waals surface area contributed by atoms with Crippen LogP contribution in [0, 0.1) is 5.92 Å². The van der Waals surface area contributed by atoms with Crippen LogP contribution in [0.1, 0.15) is 12.8 Å². The molecular formula is C21H24N4O3S. The van der Waals surface area contributed by atoms with Gasteiger partial charge in [-0.25, -0.2) is 4.98 Å². The van der Waals surface area contributed by atoms with E-state index in [1.807, 2.05) is 40.6 Å². The lowest BCUT2D eigenvalue weighted by Gasteiger charge is -2.32. The van der Waals surface area contributed by atoms with Crippen molar-refractivity contribution in [3.8, 4) is 11.1 Å². The van der Waals surface area contributed by atoms with Crippen molar-refractivity contribution in [3.63, 3.8) is 0 Å². The molecule has 1 aliphatic rings. The maximum atomic E-state index is 12.7. The number of hydrogen-bond acceptors (Lipinski definition) is 6. The highest BCUT2D eigenvalue weighted by molar-refractivity contribution is 7.17. The summed E-state index contributed by atoms with van der Waals surface area (Å²) in [5, 5.41) is 4.89. The third kappa shape index (κ3) is 4.18. The van der Waals surface area contributed by atoms with Gasteiger partial charge in [-0.3, -0.25) is 14.6 Å². The maximum absolute atomic E-state index is 12.7. The molecule has 152 valence electrons. The Hall–Kier alpha value is -2.71. The van der Waals surface area contributed by atoms with Crippen molar-refractivity contribution in [1.29, 1.82) is 0 Å². The Kier molecular flexibility index (Phi) is 5.92. The Morgan fingerprint density at radius 2 is 2.21 bits per heavy atom. The van der Waals surface area contributed by atoms with Gasteiger partial charge in [-0.2, -0.15) is 0 Å². The highest BCUT2D eigenvalue weighted by Crippen LogP contribution is 2.32. The first-order valence-electron chi connectivity index (χ1n) is 9.76. The van der Waals surface area contributed by atoms with Crippen LogP contribution in [-0.2, 0) is 9.53 Å². The third-order valence-electron chi connectivity index (χ3n) is 5.20. The van der Waals surface area contributed by atoms with Crippen molar-refractivity contribution in [2.75, 3.05) is 38.3 Å². The van der Waals surface area contributed by atoms with Gasteiger partial charge in [0.25, 0.3) is 5.56 Å². The van der Waals surface area contributed by atoms with Crippen LogP contribution in [0.15, 0.2) is 40.5 Å². The fourth-order valence-electron chi connectivity index (χ4n) is 3.69. The number of benzene rings is 1.